The van der Waals surface area contributed by atoms with Crippen LogP contribution in [0.4, 0.5) is 30.2 Å². The molecule has 3 heterocycles. The molecule has 0 atom stereocenters. The van der Waals surface area contributed by atoms with Gasteiger partial charge in [0.2, 0.25) is 16.0 Å². The van der Waals surface area contributed by atoms with Crippen LogP contribution >= 0.6 is 11.6 Å². The van der Waals surface area contributed by atoms with Crippen LogP contribution in [0.1, 0.15) is 16.1 Å². The highest BCUT2D eigenvalue weighted by Gasteiger charge is 2.47. The normalized spacial score (nSPS) is 14.5. The molecule has 1 fully saturated rings. The van der Waals surface area contributed by atoms with E-state index in [-0.39, 0.29) is 41.0 Å². The van der Waals surface area contributed by atoms with Crippen molar-refractivity contribution in [1.82, 2.24) is 14.5 Å². The van der Waals surface area contributed by atoms with Gasteiger partial charge in [-0.25, -0.2) is 18.4 Å². The number of rotatable bonds is 6. The molecule has 1 aliphatic rings. The number of anilines is 3. The summed E-state index contributed by atoms with van der Waals surface area (Å²) in [5.74, 6) is -1.58. The monoisotopic (exact) mass is 528 g/mol. The van der Waals surface area contributed by atoms with Crippen LogP contribution in [0, 0.1) is 12.8 Å². The minimum Gasteiger partial charge on any atom is -0.368 e. The van der Waals surface area contributed by atoms with Crippen LogP contribution in [0.5, 0.6) is 0 Å². The van der Waals surface area contributed by atoms with Crippen LogP contribution in [0.15, 0.2) is 42.9 Å². The largest absolute Gasteiger partial charge is 0.395 e. The van der Waals surface area contributed by atoms with Gasteiger partial charge in [-0.2, -0.15) is 13.2 Å². The van der Waals surface area contributed by atoms with Crippen LogP contribution in [0.2, 0.25) is 5.02 Å². The summed E-state index contributed by atoms with van der Waals surface area (Å²) >= 11 is 6.03. The third-order valence-electron chi connectivity index (χ3n) is 5.28. The van der Waals surface area contributed by atoms with E-state index in [1.807, 2.05) is 0 Å². The number of halogens is 4. The van der Waals surface area contributed by atoms with Crippen molar-refractivity contribution in [2.45, 2.75) is 13.1 Å². The van der Waals surface area contributed by atoms with E-state index in [1.54, 1.807) is 22.5 Å². The summed E-state index contributed by atoms with van der Waals surface area (Å²) in [7, 11) is -3.53. The first-order chi connectivity index (χ1) is 16.3. The van der Waals surface area contributed by atoms with Gasteiger partial charge in [0.1, 0.15) is 0 Å². The van der Waals surface area contributed by atoms with Crippen molar-refractivity contribution in [2.75, 3.05) is 34.3 Å². The molecule has 1 aliphatic heterocycles. The third kappa shape index (κ3) is 5.85. The maximum atomic E-state index is 12.8. The molecule has 1 amide bonds. The average molecular weight is 529 g/mol. The Hall–Kier alpha value is -3.32. The van der Waals surface area contributed by atoms with Crippen molar-refractivity contribution in [3.63, 3.8) is 0 Å². The summed E-state index contributed by atoms with van der Waals surface area (Å²) in [6, 6.07) is 5.91. The number of sulfonamides is 1. The molecule has 4 rings (SSSR count). The van der Waals surface area contributed by atoms with E-state index in [4.69, 9.17) is 11.6 Å². The van der Waals surface area contributed by atoms with Crippen molar-refractivity contribution in [3.05, 3.63) is 59.1 Å². The SMILES string of the molecule is Cc1cc(C(=O)Nc2cc(Cl)cc(NS(C)(=O)=O)c2)cn1-c1ncc(N2CC(C(F)(F)F)C2)cn1. The van der Waals surface area contributed by atoms with Crippen molar-refractivity contribution >= 4 is 44.6 Å². The van der Waals surface area contributed by atoms with Gasteiger partial charge in [-0.05, 0) is 31.2 Å². The predicted octanol–water partition coefficient (Wildman–Crippen LogP) is 3.85. The number of aromatic nitrogens is 3. The van der Waals surface area contributed by atoms with E-state index in [2.05, 4.69) is 20.0 Å². The van der Waals surface area contributed by atoms with Crippen molar-refractivity contribution in [3.8, 4) is 5.95 Å². The highest BCUT2D eigenvalue weighted by molar-refractivity contribution is 7.92. The highest BCUT2D eigenvalue weighted by Crippen LogP contribution is 2.35. The zero-order chi connectivity index (χ0) is 25.5. The molecule has 14 heteroatoms. The Balaban J connectivity index is 1.47. The number of nitrogens with one attached hydrogen (secondary N) is 2. The zero-order valence-corrected chi connectivity index (χ0v) is 20.0. The van der Waals surface area contributed by atoms with Gasteiger partial charge >= 0.3 is 6.18 Å². The second-order valence-corrected chi connectivity index (χ2v) is 10.4. The molecule has 0 radical (unpaired) electrons. The molecule has 2 aromatic heterocycles. The van der Waals surface area contributed by atoms with Crippen LogP contribution in [0.3, 0.4) is 0 Å². The predicted molar refractivity (Wildman–Crippen MR) is 126 cm³/mol. The molecule has 0 unspecified atom stereocenters. The van der Waals surface area contributed by atoms with E-state index in [9.17, 15) is 26.4 Å². The lowest BCUT2D eigenvalue weighted by atomic mass is 9.99. The summed E-state index contributed by atoms with van der Waals surface area (Å²) in [6.45, 7) is 1.47. The van der Waals surface area contributed by atoms with Crippen LogP contribution in [-0.2, 0) is 10.0 Å². The highest BCUT2D eigenvalue weighted by atomic mass is 35.5. The number of amides is 1. The Morgan fingerprint density at radius 3 is 2.34 bits per heavy atom. The summed E-state index contributed by atoms with van der Waals surface area (Å²) < 4.78 is 64.9. The fraction of sp³-hybridized carbons (Fsp3) is 0.286. The number of aryl methyl sites for hydroxylation is 1. The molecule has 35 heavy (non-hydrogen) atoms. The van der Waals surface area contributed by atoms with Gasteiger partial charge in [-0.3, -0.25) is 14.1 Å². The van der Waals surface area contributed by atoms with E-state index < -0.39 is 28.0 Å². The Kier molecular flexibility index (Phi) is 6.40. The van der Waals surface area contributed by atoms with Gasteiger partial charge in [-0.1, -0.05) is 11.6 Å². The van der Waals surface area contributed by atoms with Crippen LogP contribution in [-0.4, -0.2) is 54.4 Å². The van der Waals surface area contributed by atoms with Crippen molar-refractivity contribution < 1.29 is 26.4 Å². The quantitative estimate of drug-likeness (QED) is 0.503. The van der Waals surface area contributed by atoms with Gasteiger partial charge in [0.05, 0.1) is 41.5 Å². The summed E-state index contributed by atoms with van der Waals surface area (Å²) in [5, 5.41) is 2.88. The first-order valence-corrected chi connectivity index (χ1v) is 12.5. The number of hydrogen-bond acceptors (Lipinski definition) is 6. The molecule has 0 bridgehead atoms. The van der Waals surface area contributed by atoms with E-state index in [0.717, 1.165) is 6.26 Å². The molecular formula is C21H20ClF3N6O3S. The average Bonchev–Trinajstić information content (AvgIpc) is 3.06. The second-order valence-electron chi connectivity index (χ2n) is 8.18. The summed E-state index contributed by atoms with van der Waals surface area (Å²) in [4.78, 5) is 22.8. The third-order valence-corrected chi connectivity index (χ3v) is 6.11. The van der Waals surface area contributed by atoms with E-state index >= 15 is 0 Å². The van der Waals surface area contributed by atoms with Gasteiger partial charge in [0.15, 0.2) is 0 Å². The Bertz CT molecular complexity index is 1370. The van der Waals surface area contributed by atoms with E-state index in [1.165, 1.54) is 36.8 Å². The molecule has 1 saturated heterocycles. The molecule has 186 valence electrons. The fourth-order valence-corrected chi connectivity index (χ4v) is 4.33. The van der Waals surface area contributed by atoms with Crippen LogP contribution < -0.4 is 14.9 Å². The lowest BCUT2D eigenvalue weighted by Crippen LogP contribution is -2.53. The number of nitrogens with zero attached hydrogens (tertiary/aromatic N) is 4. The van der Waals surface area contributed by atoms with Gasteiger partial charge < -0.3 is 10.2 Å². The van der Waals surface area contributed by atoms with Crippen molar-refractivity contribution in [2.24, 2.45) is 5.92 Å². The maximum Gasteiger partial charge on any atom is 0.395 e. The lowest BCUT2D eigenvalue weighted by molar-refractivity contribution is -0.180. The minimum absolute atomic E-state index is 0.135. The molecule has 1 aromatic carbocycles. The number of carbonyl (C=O) groups excluding carboxylic acids is 1. The minimum atomic E-state index is -4.21. The van der Waals surface area contributed by atoms with Gasteiger partial charge in [0.25, 0.3) is 5.91 Å². The van der Waals surface area contributed by atoms with Gasteiger partial charge in [0, 0.05) is 35.7 Å². The molecule has 0 saturated carbocycles. The number of alkyl halides is 3. The Morgan fingerprint density at radius 2 is 1.74 bits per heavy atom. The van der Waals surface area contributed by atoms with Crippen LogP contribution in [0.25, 0.3) is 5.95 Å². The van der Waals surface area contributed by atoms with Crippen molar-refractivity contribution in [1.29, 1.82) is 0 Å². The molecular weight excluding hydrogens is 509 g/mol. The number of hydrogen-bond donors (Lipinski definition) is 2. The lowest BCUT2D eigenvalue weighted by Gasteiger charge is -2.41. The topological polar surface area (TPSA) is 109 Å². The molecule has 0 aliphatic carbocycles. The maximum absolute atomic E-state index is 12.8. The fourth-order valence-electron chi connectivity index (χ4n) is 3.55. The standard InChI is InChI=1S/C21H20ClF3N6O3S/c1-12-3-13(19(32)28-16-4-15(22)5-17(6-16)29-35(2,33)34)9-31(12)20-26-7-18(8-27-20)30-10-14(11-30)21(23,24)25/h3-9,14,29H,10-11H2,1-2H3,(H,28,32). The number of carbonyl (C=O) groups is 1. The summed E-state index contributed by atoms with van der Waals surface area (Å²) in [6.07, 6.45) is 1.18. The summed E-state index contributed by atoms with van der Waals surface area (Å²) in [5.41, 5.74) is 1.89. The van der Waals surface area contributed by atoms with E-state index in [0.29, 0.717) is 11.4 Å². The smallest absolute Gasteiger partial charge is 0.368 e. The number of benzene rings is 1. The first kappa shape index (κ1) is 24.8. The van der Waals surface area contributed by atoms with Gasteiger partial charge in [-0.15, -0.1) is 0 Å². The zero-order valence-electron chi connectivity index (χ0n) is 18.5. The first-order valence-electron chi connectivity index (χ1n) is 10.2. The Labute approximate surface area is 204 Å². The second kappa shape index (κ2) is 9.04. The molecule has 9 nitrogen and oxygen atoms in total. The molecule has 2 N–H and O–H groups in total. The molecule has 0 spiro atoms. The Morgan fingerprint density at radius 1 is 1.11 bits per heavy atom. The molecule has 3 aromatic rings.